The zero-order valence-corrected chi connectivity index (χ0v) is 9.42. The molecule has 0 bridgehead atoms. The predicted molar refractivity (Wildman–Crippen MR) is 58.7 cm³/mol. The fraction of sp³-hybridized carbons (Fsp3) is 0.727. The zero-order valence-electron chi connectivity index (χ0n) is 9.42. The number of hydrogen-bond acceptors (Lipinski definition) is 4. The van der Waals surface area contributed by atoms with Gasteiger partial charge in [0.25, 0.3) is 0 Å². The summed E-state index contributed by atoms with van der Waals surface area (Å²) in [4.78, 5) is 4.51. The highest BCUT2D eigenvalue weighted by Crippen LogP contribution is 2.22. The minimum Gasteiger partial charge on any atom is -0.447 e. The topological polar surface area (TPSA) is 50.1 Å². The Balaban J connectivity index is 1.97. The lowest BCUT2D eigenvalue weighted by molar-refractivity contribution is 0.429. The van der Waals surface area contributed by atoms with E-state index in [1.807, 2.05) is 7.05 Å². The van der Waals surface area contributed by atoms with Crippen molar-refractivity contribution in [2.45, 2.75) is 38.3 Å². The van der Waals surface area contributed by atoms with Crippen LogP contribution in [0.4, 0.5) is 0 Å². The Bertz CT molecular complexity index is 305. The molecular weight excluding hydrogens is 190 g/mol. The molecular formula is C11H19N3O. The van der Waals surface area contributed by atoms with Gasteiger partial charge >= 0.3 is 0 Å². The maximum Gasteiger partial charge on any atom is 0.211 e. The van der Waals surface area contributed by atoms with Gasteiger partial charge in [0.15, 0.2) is 0 Å². The summed E-state index contributed by atoms with van der Waals surface area (Å²) in [6.45, 7) is 3.22. The second-order valence-electron chi connectivity index (χ2n) is 4.22. The molecule has 1 saturated heterocycles. The molecule has 0 aromatic carbocycles. The molecule has 2 unspecified atom stereocenters. The van der Waals surface area contributed by atoms with Crippen molar-refractivity contribution in [3.8, 4) is 0 Å². The molecule has 2 atom stereocenters. The molecule has 4 heteroatoms. The third-order valence-electron chi connectivity index (χ3n) is 2.94. The van der Waals surface area contributed by atoms with E-state index >= 15 is 0 Å². The van der Waals surface area contributed by atoms with Crippen molar-refractivity contribution in [1.29, 1.82) is 0 Å². The highest BCUT2D eigenvalue weighted by atomic mass is 16.3. The van der Waals surface area contributed by atoms with E-state index in [0.717, 1.165) is 31.0 Å². The van der Waals surface area contributed by atoms with Gasteiger partial charge in [0.1, 0.15) is 6.26 Å². The first kappa shape index (κ1) is 10.6. The monoisotopic (exact) mass is 209 g/mol. The summed E-state index contributed by atoms with van der Waals surface area (Å²) in [5.41, 5.74) is 1.04. The normalized spacial score (nSPS) is 23.2. The van der Waals surface area contributed by atoms with E-state index in [-0.39, 0.29) is 0 Å². The van der Waals surface area contributed by atoms with Crippen molar-refractivity contribution < 1.29 is 4.42 Å². The second-order valence-corrected chi connectivity index (χ2v) is 4.22. The summed E-state index contributed by atoms with van der Waals surface area (Å²) < 4.78 is 5.49. The molecule has 1 aromatic heterocycles. The molecule has 15 heavy (non-hydrogen) atoms. The van der Waals surface area contributed by atoms with Crippen LogP contribution in [0.2, 0.25) is 0 Å². The minimum absolute atomic E-state index is 0.337. The molecule has 1 aromatic rings. The van der Waals surface area contributed by atoms with E-state index < -0.39 is 0 Å². The van der Waals surface area contributed by atoms with Crippen LogP contribution in [0.15, 0.2) is 10.7 Å². The summed E-state index contributed by atoms with van der Waals surface area (Å²) >= 11 is 0. The van der Waals surface area contributed by atoms with Crippen LogP contribution in [-0.2, 0) is 6.42 Å². The first-order valence-corrected chi connectivity index (χ1v) is 5.64. The average molecular weight is 209 g/mol. The van der Waals surface area contributed by atoms with Crippen LogP contribution in [0.3, 0.4) is 0 Å². The van der Waals surface area contributed by atoms with Crippen molar-refractivity contribution in [3.05, 3.63) is 17.8 Å². The van der Waals surface area contributed by atoms with E-state index in [2.05, 4.69) is 22.5 Å². The molecule has 0 spiro atoms. The number of nitrogens with one attached hydrogen (secondary N) is 2. The molecule has 0 radical (unpaired) electrons. The van der Waals surface area contributed by atoms with Gasteiger partial charge in [0, 0.05) is 12.5 Å². The molecule has 1 fully saturated rings. The highest BCUT2D eigenvalue weighted by molar-refractivity contribution is 5.03. The van der Waals surface area contributed by atoms with E-state index in [9.17, 15) is 0 Å². The Morgan fingerprint density at radius 3 is 3.27 bits per heavy atom. The zero-order chi connectivity index (χ0) is 10.7. The quantitative estimate of drug-likeness (QED) is 0.783. The molecule has 2 heterocycles. The maximum atomic E-state index is 5.49. The summed E-state index contributed by atoms with van der Waals surface area (Å²) in [7, 11) is 1.96. The SMILES string of the molecule is CNC(C)Cc1coc(C2CCCN2)n1. The summed E-state index contributed by atoms with van der Waals surface area (Å²) in [6.07, 6.45) is 5.06. The van der Waals surface area contributed by atoms with Gasteiger partial charge in [-0.3, -0.25) is 0 Å². The maximum absolute atomic E-state index is 5.49. The molecule has 2 N–H and O–H groups in total. The van der Waals surface area contributed by atoms with E-state index in [1.165, 1.54) is 6.42 Å². The van der Waals surface area contributed by atoms with Gasteiger partial charge < -0.3 is 15.1 Å². The summed E-state index contributed by atoms with van der Waals surface area (Å²) in [5.74, 6) is 0.853. The van der Waals surface area contributed by atoms with Gasteiger partial charge in [-0.1, -0.05) is 0 Å². The van der Waals surface area contributed by atoms with Gasteiger partial charge in [-0.15, -0.1) is 0 Å². The third-order valence-corrected chi connectivity index (χ3v) is 2.94. The fourth-order valence-electron chi connectivity index (χ4n) is 1.89. The van der Waals surface area contributed by atoms with Gasteiger partial charge in [-0.2, -0.15) is 0 Å². The number of oxazole rings is 1. The van der Waals surface area contributed by atoms with E-state index in [0.29, 0.717) is 12.1 Å². The van der Waals surface area contributed by atoms with Gasteiger partial charge in [0.05, 0.1) is 11.7 Å². The lowest BCUT2D eigenvalue weighted by atomic mass is 10.2. The van der Waals surface area contributed by atoms with E-state index in [4.69, 9.17) is 4.42 Å². The number of rotatable bonds is 4. The van der Waals surface area contributed by atoms with Crippen LogP contribution in [-0.4, -0.2) is 24.6 Å². The van der Waals surface area contributed by atoms with Gasteiger partial charge in [-0.05, 0) is 33.4 Å². The second kappa shape index (κ2) is 4.77. The number of nitrogens with zero attached hydrogens (tertiary/aromatic N) is 1. The molecule has 84 valence electrons. The van der Waals surface area contributed by atoms with Crippen molar-refractivity contribution in [3.63, 3.8) is 0 Å². The Labute approximate surface area is 90.5 Å². The lowest BCUT2D eigenvalue weighted by Crippen LogP contribution is -2.23. The van der Waals surface area contributed by atoms with Crippen LogP contribution in [0, 0.1) is 0 Å². The molecule has 1 aliphatic heterocycles. The summed E-state index contributed by atoms with van der Waals surface area (Å²) in [5, 5.41) is 6.58. The minimum atomic E-state index is 0.337. The van der Waals surface area contributed by atoms with Crippen LogP contribution in [0.25, 0.3) is 0 Å². The van der Waals surface area contributed by atoms with Crippen molar-refractivity contribution in [2.75, 3.05) is 13.6 Å². The standard InChI is InChI=1S/C11H19N3O/c1-8(12-2)6-9-7-15-11(14-9)10-4-3-5-13-10/h7-8,10,12-13H,3-6H2,1-2H3. The van der Waals surface area contributed by atoms with Gasteiger partial charge in [-0.25, -0.2) is 4.98 Å². The Morgan fingerprint density at radius 1 is 1.73 bits per heavy atom. The van der Waals surface area contributed by atoms with Crippen molar-refractivity contribution >= 4 is 0 Å². The van der Waals surface area contributed by atoms with Crippen LogP contribution < -0.4 is 10.6 Å². The highest BCUT2D eigenvalue weighted by Gasteiger charge is 2.21. The molecule has 0 aliphatic carbocycles. The Morgan fingerprint density at radius 2 is 2.60 bits per heavy atom. The average Bonchev–Trinajstić information content (AvgIpc) is 2.85. The first-order chi connectivity index (χ1) is 7.29. The number of aromatic nitrogens is 1. The molecule has 2 rings (SSSR count). The van der Waals surface area contributed by atoms with Crippen LogP contribution in [0.5, 0.6) is 0 Å². The smallest absolute Gasteiger partial charge is 0.211 e. The lowest BCUT2D eigenvalue weighted by Gasteiger charge is -2.06. The van der Waals surface area contributed by atoms with Crippen LogP contribution >= 0.6 is 0 Å². The fourth-order valence-corrected chi connectivity index (χ4v) is 1.89. The molecule has 1 aliphatic rings. The largest absolute Gasteiger partial charge is 0.447 e. The molecule has 0 saturated carbocycles. The van der Waals surface area contributed by atoms with Crippen LogP contribution in [0.1, 0.15) is 37.4 Å². The van der Waals surface area contributed by atoms with Crippen molar-refractivity contribution in [2.24, 2.45) is 0 Å². The Hall–Kier alpha value is -0.870. The predicted octanol–water partition coefficient (Wildman–Crippen LogP) is 1.25. The van der Waals surface area contributed by atoms with Gasteiger partial charge in [0.2, 0.25) is 5.89 Å². The number of likely N-dealkylation sites (N-methyl/N-ethyl adjacent to an activating group) is 1. The van der Waals surface area contributed by atoms with Crippen molar-refractivity contribution in [1.82, 2.24) is 15.6 Å². The summed E-state index contributed by atoms with van der Waals surface area (Å²) in [6, 6.07) is 0.781. The number of hydrogen-bond donors (Lipinski definition) is 2. The van der Waals surface area contributed by atoms with E-state index in [1.54, 1.807) is 6.26 Å². The molecule has 4 nitrogen and oxygen atoms in total. The first-order valence-electron chi connectivity index (χ1n) is 5.64. The third kappa shape index (κ3) is 2.58. The molecule has 0 amide bonds. The Kier molecular flexibility index (Phi) is 3.38.